The quantitative estimate of drug-likeness (QED) is 0.878. The summed E-state index contributed by atoms with van der Waals surface area (Å²) in [6.07, 6.45) is -4.18. The maximum atomic E-state index is 12.8. The van der Waals surface area contributed by atoms with E-state index in [4.69, 9.17) is 0 Å². The lowest BCUT2D eigenvalue weighted by Crippen LogP contribution is -2.20. The first-order valence-electron chi connectivity index (χ1n) is 7.80. The lowest BCUT2D eigenvalue weighted by atomic mass is 10.1. The van der Waals surface area contributed by atoms with Crippen LogP contribution < -0.4 is 5.32 Å². The minimum absolute atomic E-state index is 0.0393. The van der Waals surface area contributed by atoms with E-state index in [1.165, 1.54) is 10.7 Å². The van der Waals surface area contributed by atoms with Gasteiger partial charge in [-0.25, -0.2) is 13.1 Å². The predicted octanol–water partition coefficient (Wildman–Crippen LogP) is 2.82. The van der Waals surface area contributed by atoms with Crippen LogP contribution in [0.1, 0.15) is 34.1 Å². The average molecular weight is 387 g/mol. The minimum atomic E-state index is -4.55. The summed E-state index contributed by atoms with van der Waals surface area (Å²) in [6, 6.07) is 5.22. The molecule has 0 radical (unpaired) electrons. The first-order chi connectivity index (χ1) is 12.0. The minimum Gasteiger partial charge on any atom is -0.307 e. The number of carbonyl (C=O) groups excluding carboxylic acids is 1. The summed E-state index contributed by atoms with van der Waals surface area (Å²) in [6.45, 7) is 1.68. The maximum Gasteiger partial charge on any atom is 0.416 e. The van der Waals surface area contributed by atoms with E-state index in [9.17, 15) is 26.4 Å². The van der Waals surface area contributed by atoms with Gasteiger partial charge in [-0.05, 0) is 31.5 Å². The molecule has 0 bridgehead atoms. The van der Waals surface area contributed by atoms with Crippen LogP contribution in [0.25, 0.3) is 0 Å². The standard InChI is InChI=1S/C16H16F3N3O3S/c1-10-7-14(22(21-10)13-5-6-26(24,25)9-13)20-15(23)11-3-2-4-12(8-11)16(17,18)19/h2-4,7-8,13H,5-6,9H2,1H3,(H,20,23). The van der Waals surface area contributed by atoms with Gasteiger partial charge < -0.3 is 5.32 Å². The molecule has 0 saturated carbocycles. The van der Waals surface area contributed by atoms with Gasteiger partial charge in [0, 0.05) is 11.6 Å². The molecule has 140 valence electrons. The number of alkyl halides is 3. The van der Waals surface area contributed by atoms with E-state index < -0.39 is 33.5 Å². The molecule has 0 aliphatic carbocycles. The Balaban J connectivity index is 1.85. The number of carbonyl (C=O) groups is 1. The lowest BCUT2D eigenvalue weighted by molar-refractivity contribution is -0.137. The van der Waals surface area contributed by atoms with Crippen molar-refractivity contribution in [2.75, 3.05) is 16.8 Å². The van der Waals surface area contributed by atoms with Crippen LogP contribution in [0.5, 0.6) is 0 Å². The van der Waals surface area contributed by atoms with Crippen LogP contribution in [0.3, 0.4) is 0 Å². The number of amides is 1. The summed E-state index contributed by atoms with van der Waals surface area (Å²) in [5.41, 5.74) is -0.505. The molecular weight excluding hydrogens is 371 g/mol. The maximum absolute atomic E-state index is 12.8. The zero-order chi connectivity index (χ0) is 19.1. The number of rotatable bonds is 3. The Morgan fingerprint density at radius 1 is 1.31 bits per heavy atom. The topological polar surface area (TPSA) is 81.1 Å². The van der Waals surface area contributed by atoms with Gasteiger partial charge in [0.15, 0.2) is 9.84 Å². The Morgan fingerprint density at radius 2 is 2.04 bits per heavy atom. The van der Waals surface area contributed by atoms with Gasteiger partial charge in [0.1, 0.15) is 5.82 Å². The Kier molecular flexibility index (Phi) is 4.55. The van der Waals surface area contributed by atoms with E-state index in [1.54, 1.807) is 13.0 Å². The Morgan fingerprint density at radius 3 is 2.65 bits per heavy atom. The van der Waals surface area contributed by atoms with Gasteiger partial charge in [0.05, 0.1) is 28.8 Å². The van der Waals surface area contributed by atoms with Crippen molar-refractivity contribution in [3.8, 4) is 0 Å². The normalized spacial score (nSPS) is 19.5. The van der Waals surface area contributed by atoms with Crippen LogP contribution >= 0.6 is 0 Å². The van der Waals surface area contributed by atoms with Crippen molar-refractivity contribution >= 4 is 21.6 Å². The van der Waals surface area contributed by atoms with Crippen molar-refractivity contribution in [3.63, 3.8) is 0 Å². The summed E-state index contributed by atoms with van der Waals surface area (Å²) in [5, 5.41) is 6.75. The van der Waals surface area contributed by atoms with E-state index in [-0.39, 0.29) is 22.9 Å². The molecule has 1 aromatic carbocycles. The molecule has 1 saturated heterocycles. The summed E-state index contributed by atoms with van der Waals surface area (Å²) >= 11 is 0. The van der Waals surface area contributed by atoms with E-state index >= 15 is 0 Å². The zero-order valence-corrected chi connectivity index (χ0v) is 14.6. The van der Waals surface area contributed by atoms with Crippen LogP contribution in [0.15, 0.2) is 30.3 Å². The van der Waals surface area contributed by atoms with Gasteiger partial charge in [0.2, 0.25) is 0 Å². The van der Waals surface area contributed by atoms with Gasteiger partial charge in [-0.2, -0.15) is 18.3 Å². The van der Waals surface area contributed by atoms with Gasteiger partial charge in [0.25, 0.3) is 5.91 Å². The number of hydrogen-bond acceptors (Lipinski definition) is 4. The first-order valence-corrected chi connectivity index (χ1v) is 9.62. The van der Waals surface area contributed by atoms with Gasteiger partial charge in [-0.3, -0.25) is 4.79 Å². The van der Waals surface area contributed by atoms with Gasteiger partial charge in [-0.1, -0.05) is 6.07 Å². The van der Waals surface area contributed by atoms with Gasteiger partial charge >= 0.3 is 6.18 Å². The van der Waals surface area contributed by atoms with Crippen molar-refractivity contribution in [2.45, 2.75) is 25.6 Å². The molecule has 2 aromatic rings. The highest BCUT2D eigenvalue weighted by atomic mass is 32.2. The number of benzene rings is 1. The number of aryl methyl sites for hydroxylation is 1. The van der Waals surface area contributed by atoms with E-state index in [0.29, 0.717) is 12.1 Å². The number of nitrogens with one attached hydrogen (secondary N) is 1. The second-order valence-electron chi connectivity index (χ2n) is 6.21. The highest BCUT2D eigenvalue weighted by molar-refractivity contribution is 7.91. The third-order valence-electron chi connectivity index (χ3n) is 4.11. The van der Waals surface area contributed by atoms with Gasteiger partial charge in [-0.15, -0.1) is 0 Å². The molecular formula is C16H16F3N3O3S. The van der Waals surface area contributed by atoms with Crippen molar-refractivity contribution in [3.05, 3.63) is 47.2 Å². The molecule has 1 unspecified atom stereocenters. The van der Waals surface area contributed by atoms with Crippen LogP contribution in [0.4, 0.5) is 19.0 Å². The van der Waals surface area contributed by atoms with Crippen LogP contribution in [-0.2, 0) is 16.0 Å². The summed E-state index contributed by atoms with van der Waals surface area (Å²) in [5.74, 6) is -0.511. The third-order valence-corrected chi connectivity index (χ3v) is 5.86. The van der Waals surface area contributed by atoms with E-state index in [2.05, 4.69) is 10.4 Å². The SMILES string of the molecule is Cc1cc(NC(=O)c2cccc(C(F)(F)F)c2)n(C2CCS(=O)(=O)C2)n1. The Labute approximate surface area is 147 Å². The number of aromatic nitrogens is 2. The number of hydrogen-bond donors (Lipinski definition) is 1. The number of halogens is 3. The molecule has 2 heterocycles. The zero-order valence-electron chi connectivity index (χ0n) is 13.7. The average Bonchev–Trinajstić information content (AvgIpc) is 3.08. The highest BCUT2D eigenvalue weighted by Crippen LogP contribution is 2.30. The first kappa shape index (κ1) is 18.4. The van der Waals surface area contributed by atoms with Crippen molar-refractivity contribution < 1.29 is 26.4 Å². The molecule has 10 heteroatoms. The smallest absolute Gasteiger partial charge is 0.307 e. The van der Waals surface area contributed by atoms with Crippen molar-refractivity contribution in [1.82, 2.24) is 9.78 Å². The molecule has 1 fully saturated rings. The van der Waals surface area contributed by atoms with E-state index in [0.717, 1.165) is 18.2 Å². The highest BCUT2D eigenvalue weighted by Gasteiger charge is 2.32. The predicted molar refractivity (Wildman–Crippen MR) is 88.7 cm³/mol. The Bertz CT molecular complexity index is 951. The number of sulfone groups is 1. The molecule has 1 aliphatic rings. The van der Waals surface area contributed by atoms with Crippen LogP contribution in [0.2, 0.25) is 0 Å². The molecule has 3 rings (SSSR count). The van der Waals surface area contributed by atoms with Crippen LogP contribution in [-0.4, -0.2) is 35.6 Å². The fourth-order valence-electron chi connectivity index (χ4n) is 2.88. The molecule has 1 atom stereocenters. The largest absolute Gasteiger partial charge is 0.416 e. The van der Waals surface area contributed by atoms with Crippen LogP contribution in [0, 0.1) is 6.92 Å². The second kappa shape index (κ2) is 6.42. The fraction of sp³-hybridized carbons (Fsp3) is 0.375. The molecule has 1 aliphatic heterocycles. The molecule has 26 heavy (non-hydrogen) atoms. The molecule has 6 nitrogen and oxygen atoms in total. The number of anilines is 1. The molecule has 1 aromatic heterocycles. The molecule has 1 N–H and O–H groups in total. The Hall–Kier alpha value is -2.36. The number of nitrogens with zero attached hydrogens (tertiary/aromatic N) is 2. The third kappa shape index (κ3) is 3.90. The van der Waals surface area contributed by atoms with Crippen molar-refractivity contribution in [2.24, 2.45) is 0 Å². The summed E-state index contributed by atoms with van der Waals surface area (Å²) in [7, 11) is -3.15. The fourth-order valence-corrected chi connectivity index (χ4v) is 4.57. The second-order valence-corrected chi connectivity index (χ2v) is 8.43. The molecule has 1 amide bonds. The summed E-state index contributed by atoms with van der Waals surface area (Å²) in [4.78, 5) is 12.4. The molecule has 0 spiro atoms. The summed E-state index contributed by atoms with van der Waals surface area (Å²) < 4.78 is 63.2. The lowest BCUT2D eigenvalue weighted by Gasteiger charge is -2.14. The van der Waals surface area contributed by atoms with Crippen molar-refractivity contribution in [1.29, 1.82) is 0 Å². The monoisotopic (exact) mass is 387 g/mol. The van der Waals surface area contributed by atoms with E-state index in [1.807, 2.05) is 0 Å².